The van der Waals surface area contributed by atoms with E-state index in [0.717, 1.165) is 29.2 Å². The van der Waals surface area contributed by atoms with Gasteiger partial charge in [-0.15, -0.1) is 11.3 Å². The van der Waals surface area contributed by atoms with Gasteiger partial charge >= 0.3 is 0 Å². The molecule has 1 aliphatic heterocycles. The summed E-state index contributed by atoms with van der Waals surface area (Å²) < 4.78 is 0. The summed E-state index contributed by atoms with van der Waals surface area (Å²) in [5, 5.41) is 10.3. The Balaban J connectivity index is 1.53. The monoisotopic (exact) mass is 331 g/mol. The highest BCUT2D eigenvalue weighted by atomic mass is 32.1. The minimum absolute atomic E-state index is 0.0771. The summed E-state index contributed by atoms with van der Waals surface area (Å²) in [5.41, 5.74) is 3.46. The maximum absolute atomic E-state index is 12.5. The SMILES string of the molecule is Cc1ncsc1C(=O)N1CCN(CC(O)c2ccccc2)CC1. The molecule has 1 aliphatic rings. The minimum Gasteiger partial charge on any atom is -0.387 e. The average Bonchev–Trinajstić information content (AvgIpc) is 3.02. The molecule has 1 aromatic heterocycles. The molecule has 0 aliphatic carbocycles. The van der Waals surface area contributed by atoms with E-state index in [0.29, 0.717) is 19.6 Å². The number of aromatic nitrogens is 1. The standard InChI is InChI=1S/C17H21N3O2S/c1-13-16(23-12-18-13)17(22)20-9-7-19(8-10-20)11-15(21)14-5-3-2-4-6-14/h2-6,12,15,21H,7-11H2,1H3. The van der Waals surface area contributed by atoms with Crippen LogP contribution >= 0.6 is 11.3 Å². The highest BCUT2D eigenvalue weighted by Crippen LogP contribution is 2.18. The topological polar surface area (TPSA) is 56.7 Å². The van der Waals surface area contributed by atoms with Crippen LogP contribution < -0.4 is 0 Å². The Morgan fingerprint density at radius 1 is 1.26 bits per heavy atom. The Morgan fingerprint density at radius 2 is 1.96 bits per heavy atom. The van der Waals surface area contributed by atoms with Gasteiger partial charge in [-0.25, -0.2) is 4.98 Å². The number of nitrogens with zero attached hydrogens (tertiary/aromatic N) is 3. The molecule has 5 nitrogen and oxygen atoms in total. The van der Waals surface area contributed by atoms with E-state index in [1.165, 1.54) is 11.3 Å². The second-order valence-corrected chi connectivity index (χ2v) is 6.64. The summed E-state index contributed by atoms with van der Waals surface area (Å²) in [5.74, 6) is 0.0771. The Morgan fingerprint density at radius 3 is 2.57 bits per heavy atom. The zero-order chi connectivity index (χ0) is 16.2. The number of piperazine rings is 1. The van der Waals surface area contributed by atoms with Crippen molar-refractivity contribution in [2.45, 2.75) is 13.0 Å². The summed E-state index contributed by atoms with van der Waals surface area (Å²) in [6.45, 7) is 5.43. The number of β-amino-alcohol motifs (C(OH)–C–C–N with tert-alkyl or cyclic N) is 1. The lowest BCUT2D eigenvalue weighted by atomic mass is 10.1. The molecule has 0 bridgehead atoms. The third kappa shape index (κ3) is 3.77. The van der Waals surface area contributed by atoms with Crippen LogP contribution in [0.1, 0.15) is 27.0 Å². The number of thiazole rings is 1. The number of rotatable bonds is 4. The van der Waals surface area contributed by atoms with Crippen LogP contribution in [0.3, 0.4) is 0 Å². The van der Waals surface area contributed by atoms with E-state index in [1.807, 2.05) is 42.2 Å². The third-order valence-electron chi connectivity index (χ3n) is 4.21. The number of amides is 1. The lowest BCUT2D eigenvalue weighted by Crippen LogP contribution is -2.49. The van der Waals surface area contributed by atoms with Gasteiger partial charge in [-0.2, -0.15) is 0 Å². The summed E-state index contributed by atoms with van der Waals surface area (Å²) in [6.07, 6.45) is -0.484. The number of benzene rings is 1. The van der Waals surface area contributed by atoms with Gasteiger partial charge in [-0.3, -0.25) is 9.69 Å². The van der Waals surface area contributed by atoms with Crippen LogP contribution in [0.2, 0.25) is 0 Å². The normalized spacial score (nSPS) is 17.2. The Bertz CT molecular complexity index is 651. The first-order valence-corrected chi connectivity index (χ1v) is 8.68. The zero-order valence-corrected chi connectivity index (χ0v) is 14.0. The number of hydrogen-bond donors (Lipinski definition) is 1. The molecule has 0 radical (unpaired) electrons. The molecule has 0 saturated carbocycles. The molecule has 1 N–H and O–H groups in total. The van der Waals surface area contributed by atoms with Crippen molar-refractivity contribution >= 4 is 17.2 Å². The number of aliphatic hydroxyl groups excluding tert-OH is 1. The molecule has 3 rings (SSSR count). The highest BCUT2D eigenvalue weighted by molar-refractivity contribution is 7.11. The highest BCUT2D eigenvalue weighted by Gasteiger charge is 2.25. The quantitative estimate of drug-likeness (QED) is 0.930. The predicted molar refractivity (Wildman–Crippen MR) is 90.6 cm³/mol. The average molecular weight is 331 g/mol. The Kier molecular flexibility index (Phi) is 5.05. The third-order valence-corrected chi connectivity index (χ3v) is 5.13. The molecule has 6 heteroatoms. The van der Waals surface area contributed by atoms with Crippen molar-refractivity contribution in [3.8, 4) is 0 Å². The predicted octanol–water partition coefficient (Wildman–Crippen LogP) is 1.94. The van der Waals surface area contributed by atoms with E-state index in [2.05, 4.69) is 9.88 Å². The summed E-state index contributed by atoms with van der Waals surface area (Å²) in [7, 11) is 0. The molecule has 122 valence electrons. The maximum Gasteiger partial charge on any atom is 0.265 e. The zero-order valence-electron chi connectivity index (χ0n) is 13.2. The van der Waals surface area contributed by atoms with Crippen LogP contribution in [0, 0.1) is 6.92 Å². The molecule has 1 aromatic carbocycles. The van der Waals surface area contributed by atoms with Crippen molar-refractivity contribution < 1.29 is 9.90 Å². The van der Waals surface area contributed by atoms with E-state index in [-0.39, 0.29) is 5.91 Å². The van der Waals surface area contributed by atoms with Crippen molar-refractivity contribution in [3.05, 3.63) is 52.0 Å². The molecule has 2 aromatic rings. The summed E-state index contributed by atoms with van der Waals surface area (Å²) >= 11 is 1.40. The minimum atomic E-state index is -0.484. The van der Waals surface area contributed by atoms with Crippen molar-refractivity contribution in [1.29, 1.82) is 0 Å². The first-order chi connectivity index (χ1) is 11.1. The number of carbonyl (C=O) groups excluding carboxylic acids is 1. The fraction of sp³-hybridized carbons (Fsp3) is 0.412. The van der Waals surface area contributed by atoms with Gasteiger partial charge in [0.25, 0.3) is 5.91 Å². The Labute approximate surface area is 140 Å². The van der Waals surface area contributed by atoms with E-state index >= 15 is 0 Å². The molecule has 2 heterocycles. The molecular formula is C17H21N3O2S. The molecular weight excluding hydrogens is 310 g/mol. The van der Waals surface area contributed by atoms with Gasteiger partial charge in [0.05, 0.1) is 17.3 Å². The summed E-state index contributed by atoms with van der Waals surface area (Å²) in [6, 6.07) is 9.70. The van der Waals surface area contributed by atoms with E-state index in [4.69, 9.17) is 0 Å². The molecule has 1 unspecified atom stereocenters. The van der Waals surface area contributed by atoms with Crippen LogP contribution in [0.25, 0.3) is 0 Å². The number of hydrogen-bond acceptors (Lipinski definition) is 5. The van der Waals surface area contributed by atoms with Gasteiger partial charge < -0.3 is 10.0 Å². The van der Waals surface area contributed by atoms with Crippen LogP contribution in [0.4, 0.5) is 0 Å². The van der Waals surface area contributed by atoms with E-state index < -0.39 is 6.10 Å². The second-order valence-electron chi connectivity index (χ2n) is 5.79. The van der Waals surface area contributed by atoms with Crippen LogP contribution in [0.15, 0.2) is 35.8 Å². The van der Waals surface area contributed by atoms with Crippen LogP contribution in [-0.4, -0.2) is 58.5 Å². The molecule has 1 saturated heterocycles. The molecule has 1 atom stereocenters. The van der Waals surface area contributed by atoms with Gasteiger partial charge in [-0.1, -0.05) is 30.3 Å². The fourth-order valence-electron chi connectivity index (χ4n) is 2.81. The van der Waals surface area contributed by atoms with Gasteiger partial charge in [0.2, 0.25) is 0 Å². The first-order valence-electron chi connectivity index (χ1n) is 7.80. The van der Waals surface area contributed by atoms with Crippen molar-refractivity contribution in [2.75, 3.05) is 32.7 Å². The number of carbonyl (C=O) groups is 1. The number of aliphatic hydroxyl groups is 1. The Hall–Kier alpha value is -1.76. The van der Waals surface area contributed by atoms with E-state index in [9.17, 15) is 9.90 Å². The smallest absolute Gasteiger partial charge is 0.265 e. The van der Waals surface area contributed by atoms with Crippen molar-refractivity contribution in [3.63, 3.8) is 0 Å². The van der Waals surface area contributed by atoms with Gasteiger partial charge in [0.15, 0.2) is 0 Å². The largest absolute Gasteiger partial charge is 0.387 e. The first kappa shape index (κ1) is 16.1. The molecule has 23 heavy (non-hydrogen) atoms. The number of aryl methyl sites for hydroxylation is 1. The van der Waals surface area contributed by atoms with E-state index in [1.54, 1.807) is 5.51 Å². The van der Waals surface area contributed by atoms with Gasteiger partial charge in [0, 0.05) is 32.7 Å². The molecule has 1 amide bonds. The summed E-state index contributed by atoms with van der Waals surface area (Å²) in [4.78, 5) is 21.4. The van der Waals surface area contributed by atoms with Gasteiger partial charge in [0.1, 0.15) is 4.88 Å². The van der Waals surface area contributed by atoms with Crippen molar-refractivity contribution in [2.24, 2.45) is 0 Å². The van der Waals surface area contributed by atoms with Crippen molar-refractivity contribution in [1.82, 2.24) is 14.8 Å². The van der Waals surface area contributed by atoms with Gasteiger partial charge in [-0.05, 0) is 12.5 Å². The van der Waals surface area contributed by atoms with Crippen LogP contribution in [-0.2, 0) is 0 Å². The van der Waals surface area contributed by atoms with Crippen LogP contribution in [0.5, 0.6) is 0 Å². The maximum atomic E-state index is 12.5. The molecule has 0 spiro atoms. The lowest BCUT2D eigenvalue weighted by molar-refractivity contribution is 0.0530. The lowest BCUT2D eigenvalue weighted by Gasteiger charge is -2.35. The fourth-order valence-corrected chi connectivity index (χ4v) is 3.58. The second kappa shape index (κ2) is 7.21. The molecule has 1 fully saturated rings.